The highest BCUT2D eigenvalue weighted by Crippen LogP contribution is 2.25. The molecule has 0 unspecified atom stereocenters. The third-order valence-electron chi connectivity index (χ3n) is 5.45. The van der Waals surface area contributed by atoms with E-state index in [1.165, 1.54) is 0 Å². The number of nitrogens with two attached hydrogens (primary N) is 1. The molecule has 162 valence electrons. The number of likely N-dealkylation sites (N-methyl/N-ethyl adjacent to an activating group) is 1. The zero-order valence-electron chi connectivity index (χ0n) is 18.3. The number of aromatic nitrogens is 1. The van der Waals surface area contributed by atoms with Crippen molar-refractivity contribution >= 4 is 17.4 Å². The topological polar surface area (TPSA) is 83.7 Å². The number of carbonyl (C=O) groups excluding carboxylic acids is 1. The number of hydrogen-bond acceptors (Lipinski definition) is 6. The van der Waals surface area contributed by atoms with E-state index in [4.69, 9.17) is 10.5 Å². The smallest absolute Gasteiger partial charge is 0.254 e. The molecule has 3 N–H and O–H groups in total. The summed E-state index contributed by atoms with van der Waals surface area (Å²) in [5.41, 5.74) is 9.48. The summed E-state index contributed by atoms with van der Waals surface area (Å²) in [7, 11) is 3.71. The normalized spacial score (nSPS) is 14.6. The summed E-state index contributed by atoms with van der Waals surface area (Å²) < 4.78 is 5.60. The number of amides is 1. The van der Waals surface area contributed by atoms with Crippen LogP contribution in [0.5, 0.6) is 5.75 Å². The Bertz CT molecular complexity index is 863. The minimum Gasteiger partial charge on any atom is -0.496 e. The van der Waals surface area contributed by atoms with E-state index in [9.17, 15) is 4.79 Å². The Morgan fingerprint density at radius 3 is 2.67 bits per heavy atom. The van der Waals surface area contributed by atoms with Crippen LogP contribution in [0, 0.1) is 0 Å². The van der Waals surface area contributed by atoms with Crippen molar-refractivity contribution in [2.75, 3.05) is 57.9 Å². The minimum absolute atomic E-state index is 0.0532. The lowest BCUT2D eigenvalue weighted by Crippen LogP contribution is -2.47. The molecule has 1 aromatic heterocycles. The van der Waals surface area contributed by atoms with Gasteiger partial charge in [0, 0.05) is 67.7 Å². The van der Waals surface area contributed by atoms with Gasteiger partial charge in [0.25, 0.3) is 5.91 Å². The SMILES string of the molecule is CCCCNc1cc(N)nc(Cc2ccc(C(=O)N3CCN(C)CC3)cc2OC)c1. The summed E-state index contributed by atoms with van der Waals surface area (Å²) in [5, 5.41) is 3.40. The lowest BCUT2D eigenvalue weighted by atomic mass is 10.0. The average molecular weight is 412 g/mol. The number of nitrogens with one attached hydrogen (secondary N) is 1. The highest BCUT2D eigenvalue weighted by Gasteiger charge is 2.21. The quantitative estimate of drug-likeness (QED) is 0.650. The molecule has 1 fully saturated rings. The van der Waals surface area contributed by atoms with Crippen LogP contribution in [-0.4, -0.2) is 67.6 Å². The summed E-state index contributed by atoms with van der Waals surface area (Å²) in [6.07, 6.45) is 2.82. The van der Waals surface area contributed by atoms with Crippen LogP contribution in [0.15, 0.2) is 30.3 Å². The van der Waals surface area contributed by atoms with Gasteiger partial charge in [-0.3, -0.25) is 4.79 Å². The zero-order chi connectivity index (χ0) is 21.5. The fourth-order valence-electron chi connectivity index (χ4n) is 3.62. The number of carbonyl (C=O) groups is 1. The molecule has 0 bridgehead atoms. The first kappa shape index (κ1) is 21.9. The number of methoxy groups -OCH3 is 1. The van der Waals surface area contributed by atoms with Crippen molar-refractivity contribution in [2.45, 2.75) is 26.2 Å². The Morgan fingerprint density at radius 2 is 1.97 bits per heavy atom. The Kier molecular flexibility index (Phi) is 7.52. The van der Waals surface area contributed by atoms with Crippen LogP contribution in [-0.2, 0) is 6.42 Å². The molecule has 1 aromatic carbocycles. The average Bonchev–Trinajstić information content (AvgIpc) is 2.74. The maximum atomic E-state index is 12.9. The number of piperazine rings is 1. The van der Waals surface area contributed by atoms with Gasteiger partial charge in [-0.25, -0.2) is 4.98 Å². The number of benzene rings is 1. The summed E-state index contributed by atoms with van der Waals surface area (Å²) >= 11 is 0. The van der Waals surface area contributed by atoms with Gasteiger partial charge in [0.15, 0.2) is 0 Å². The van der Waals surface area contributed by atoms with Crippen molar-refractivity contribution in [1.82, 2.24) is 14.8 Å². The predicted molar refractivity (Wildman–Crippen MR) is 121 cm³/mol. The van der Waals surface area contributed by atoms with Crippen LogP contribution in [0.3, 0.4) is 0 Å². The number of rotatable bonds is 8. The molecule has 7 heteroatoms. The lowest BCUT2D eigenvalue weighted by Gasteiger charge is -2.32. The molecule has 0 radical (unpaired) electrons. The van der Waals surface area contributed by atoms with Gasteiger partial charge < -0.3 is 25.6 Å². The van der Waals surface area contributed by atoms with Gasteiger partial charge in [-0.15, -0.1) is 0 Å². The van der Waals surface area contributed by atoms with Gasteiger partial charge in [0.2, 0.25) is 0 Å². The first-order chi connectivity index (χ1) is 14.5. The van der Waals surface area contributed by atoms with Crippen molar-refractivity contribution < 1.29 is 9.53 Å². The highest BCUT2D eigenvalue weighted by atomic mass is 16.5. The largest absolute Gasteiger partial charge is 0.496 e. The summed E-state index contributed by atoms with van der Waals surface area (Å²) in [5.74, 6) is 1.24. The summed E-state index contributed by atoms with van der Waals surface area (Å²) in [6, 6.07) is 9.55. The number of pyridine rings is 1. The molecule has 7 nitrogen and oxygen atoms in total. The van der Waals surface area contributed by atoms with E-state index < -0.39 is 0 Å². The number of anilines is 2. The zero-order valence-corrected chi connectivity index (χ0v) is 18.3. The van der Waals surface area contributed by atoms with Crippen LogP contribution in [0.25, 0.3) is 0 Å². The predicted octanol–water partition coefficient (Wildman–Crippen LogP) is 2.86. The van der Waals surface area contributed by atoms with Crippen molar-refractivity contribution in [1.29, 1.82) is 0 Å². The molecule has 0 spiro atoms. The van der Waals surface area contributed by atoms with Crippen LogP contribution >= 0.6 is 0 Å². The molecule has 30 heavy (non-hydrogen) atoms. The summed E-state index contributed by atoms with van der Waals surface area (Å²) in [4.78, 5) is 21.5. The number of hydrogen-bond donors (Lipinski definition) is 2. The molecule has 0 atom stereocenters. The van der Waals surface area contributed by atoms with Crippen molar-refractivity contribution in [3.8, 4) is 5.75 Å². The van der Waals surface area contributed by atoms with Gasteiger partial charge in [-0.1, -0.05) is 19.4 Å². The molecule has 2 aromatic rings. The second kappa shape index (κ2) is 10.3. The number of unbranched alkanes of at least 4 members (excludes halogenated alkanes) is 1. The molecule has 3 rings (SSSR count). The Hall–Kier alpha value is -2.80. The molecule has 1 amide bonds. The third kappa shape index (κ3) is 5.63. The van der Waals surface area contributed by atoms with Crippen LogP contribution < -0.4 is 15.8 Å². The van der Waals surface area contributed by atoms with Crippen LogP contribution in [0.4, 0.5) is 11.5 Å². The van der Waals surface area contributed by atoms with Gasteiger partial charge >= 0.3 is 0 Å². The van der Waals surface area contributed by atoms with Crippen LogP contribution in [0.2, 0.25) is 0 Å². The van der Waals surface area contributed by atoms with Gasteiger partial charge in [0.05, 0.1) is 7.11 Å². The first-order valence-corrected chi connectivity index (χ1v) is 10.6. The molecule has 1 aliphatic rings. The van der Waals surface area contributed by atoms with Gasteiger partial charge in [0.1, 0.15) is 11.6 Å². The van der Waals surface area contributed by atoms with E-state index in [-0.39, 0.29) is 5.91 Å². The first-order valence-electron chi connectivity index (χ1n) is 10.6. The number of ether oxygens (including phenoxy) is 1. The van der Waals surface area contributed by atoms with Crippen molar-refractivity contribution in [2.24, 2.45) is 0 Å². The second-order valence-electron chi connectivity index (χ2n) is 7.85. The van der Waals surface area contributed by atoms with E-state index in [2.05, 4.69) is 29.2 Å². The molecule has 1 saturated heterocycles. The lowest BCUT2D eigenvalue weighted by molar-refractivity contribution is 0.0663. The Labute approximate surface area is 179 Å². The van der Waals surface area contributed by atoms with E-state index >= 15 is 0 Å². The molecular weight excluding hydrogens is 378 g/mol. The Morgan fingerprint density at radius 1 is 1.20 bits per heavy atom. The van der Waals surface area contributed by atoms with E-state index in [1.54, 1.807) is 7.11 Å². The summed E-state index contributed by atoms with van der Waals surface area (Å²) in [6.45, 7) is 6.37. The van der Waals surface area contributed by atoms with E-state index in [0.717, 1.165) is 62.5 Å². The fraction of sp³-hybridized carbons (Fsp3) is 0.478. The molecule has 2 heterocycles. The van der Waals surface area contributed by atoms with Crippen molar-refractivity contribution in [3.63, 3.8) is 0 Å². The van der Waals surface area contributed by atoms with Crippen molar-refractivity contribution in [3.05, 3.63) is 47.2 Å². The molecule has 0 saturated carbocycles. The Balaban J connectivity index is 1.74. The van der Waals surface area contributed by atoms with E-state index in [1.807, 2.05) is 35.2 Å². The molecule has 1 aliphatic heterocycles. The second-order valence-corrected chi connectivity index (χ2v) is 7.85. The standard InChI is InChI=1S/C23H33N5O2/c1-4-5-8-25-19-15-20(26-22(24)16-19)13-17-6-7-18(14-21(17)30-3)23(29)28-11-9-27(2)10-12-28/h6-7,14-16H,4-5,8-13H2,1-3H3,(H3,24,25,26). The minimum atomic E-state index is 0.0532. The van der Waals surface area contributed by atoms with Gasteiger partial charge in [-0.05, 0) is 31.7 Å². The van der Waals surface area contributed by atoms with E-state index in [0.29, 0.717) is 23.6 Å². The molecule has 0 aliphatic carbocycles. The van der Waals surface area contributed by atoms with Crippen LogP contribution in [0.1, 0.15) is 41.4 Å². The maximum absolute atomic E-state index is 12.9. The molecular formula is C23H33N5O2. The van der Waals surface area contributed by atoms with Gasteiger partial charge in [-0.2, -0.15) is 0 Å². The number of nitrogen functional groups attached to an aromatic ring is 1. The fourth-order valence-corrected chi connectivity index (χ4v) is 3.62. The maximum Gasteiger partial charge on any atom is 0.254 e. The number of nitrogens with zero attached hydrogens (tertiary/aromatic N) is 3. The monoisotopic (exact) mass is 411 g/mol. The third-order valence-corrected chi connectivity index (χ3v) is 5.45. The highest BCUT2D eigenvalue weighted by molar-refractivity contribution is 5.94.